The molecule has 160 valence electrons. The topological polar surface area (TPSA) is 74.9 Å². The first-order chi connectivity index (χ1) is 13.6. The smallest absolute Gasteiger partial charge is 0.194 e. The number of likely N-dealkylation sites (tertiary alicyclic amines) is 1. The summed E-state index contributed by atoms with van der Waals surface area (Å²) in [6.45, 7) is 10.1. The van der Waals surface area contributed by atoms with Gasteiger partial charge in [-0.2, -0.15) is 0 Å². The summed E-state index contributed by atoms with van der Waals surface area (Å²) in [5, 5.41) is 13.3. The minimum absolute atomic E-state index is 0. The molecule has 0 aliphatic carbocycles. The van der Waals surface area contributed by atoms with Gasteiger partial charge in [0.25, 0.3) is 0 Å². The van der Waals surface area contributed by atoms with E-state index < -0.39 is 0 Å². The van der Waals surface area contributed by atoms with Gasteiger partial charge in [-0.3, -0.25) is 0 Å². The third-order valence-corrected chi connectivity index (χ3v) is 5.20. The normalized spacial score (nSPS) is 19.6. The Morgan fingerprint density at radius 2 is 2.21 bits per heavy atom. The van der Waals surface area contributed by atoms with Gasteiger partial charge >= 0.3 is 0 Å². The Balaban J connectivity index is 0.00000300. The maximum absolute atomic E-state index is 9.89. The molecule has 2 N–H and O–H groups in total. The second kappa shape index (κ2) is 11.3. The predicted molar refractivity (Wildman–Crippen MR) is 126 cm³/mol. The number of rotatable bonds is 6. The molecule has 3 rings (SSSR count). The van der Waals surface area contributed by atoms with Crippen molar-refractivity contribution in [1.29, 1.82) is 0 Å². The zero-order chi connectivity index (χ0) is 19.9. The average molecular weight is 513 g/mol. The average Bonchev–Trinajstić information content (AvgIpc) is 3.23. The van der Waals surface area contributed by atoms with Crippen molar-refractivity contribution in [2.75, 3.05) is 26.2 Å². The number of nitrogens with zero attached hydrogens (tertiary/aromatic N) is 4. The second-order valence-electron chi connectivity index (χ2n) is 7.19. The molecule has 2 aromatic rings. The zero-order valence-electron chi connectivity index (χ0n) is 17.4. The SMILES string of the molecule is CCNC(=NCc1ccc(O)c(OCC)c1)N1CCC(C)C(n2ccnc2)C1.I. The first kappa shape index (κ1) is 23.3. The van der Waals surface area contributed by atoms with Crippen molar-refractivity contribution in [3.05, 3.63) is 42.5 Å². The second-order valence-corrected chi connectivity index (χ2v) is 7.19. The molecule has 2 heterocycles. The van der Waals surface area contributed by atoms with Gasteiger partial charge in [0.2, 0.25) is 0 Å². The molecule has 1 aromatic heterocycles. The fraction of sp³-hybridized carbons (Fsp3) is 0.524. The summed E-state index contributed by atoms with van der Waals surface area (Å²) in [6.07, 6.45) is 6.90. The number of halogens is 1. The van der Waals surface area contributed by atoms with Crippen molar-refractivity contribution >= 4 is 29.9 Å². The van der Waals surface area contributed by atoms with Crippen molar-refractivity contribution in [2.45, 2.75) is 39.8 Å². The molecule has 29 heavy (non-hydrogen) atoms. The van der Waals surface area contributed by atoms with Gasteiger partial charge in [-0.15, -0.1) is 24.0 Å². The molecule has 8 heteroatoms. The minimum atomic E-state index is 0. The highest BCUT2D eigenvalue weighted by atomic mass is 127. The fourth-order valence-corrected chi connectivity index (χ4v) is 3.61. The summed E-state index contributed by atoms with van der Waals surface area (Å²) in [7, 11) is 0. The van der Waals surface area contributed by atoms with Crippen LogP contribution in [0.25, 0.3) is 0 Å². The maximum atomic E-state index is 9.89. The number of benzene rings is 1. The molecule has 1 aliphatic heterocycles. The number of ether oxygens (including phenoxy) is 1. The van der Waals surface area contributed by atoms with Crippen LogP contribution in [0, 0.1) is 5.92 Å². The van der Waals surface area contributed by atoms with E-state index in [1.807, 2.05) is 37.8 Å². The van der Waals surface area contributed by atoms with Gasteiger partial charge in [0.1, 0.15) is 0 Å². The van der Waals surface area contributed by atoms with E-state index >= 15 is 0 Å². The molecule has 2 atom stereocenters. The van der Waals surface area contributed by atoms with Crippen LogP contribution >= 0.6 is 24.0 Å². The summed E-state index contributed by atoms with van der Waals surface area (Å²) < 4.78 is 7.69. The van der Waals surface area contributed by atoms with Crippen molar-refractivity contribution < 1.29 is 9.84 Å². The Kier molecular flexibility index (Phi) is 9.06. The first-order valence-corrected chi connectivity index (χ1v) is 10.1. The molecule has 0 bridgehead atoms. The van der Waals surface area contributed by atoms with E-state index in [-0.39, 0.29) is 29.7 Å². The van der Waals surface area contributed by atoms with Gasteiger partial charge in [-0.05, 0) is 43.9 Å². The highest BCUT2D eigenvalue weighted by Crippen LogP contribution is 2.28. The number of hydrogen-bond acceptors (Lipinski definition) is 4. The van der Waals surface area contributed by atoms with E-state index in [0.29, 0.717) is 30.9 Å². The van der Waals surface area contributed by atoms with Gasteiger partial charge in [0.05, 0.1) is 25.5 Å². The number of nitrogens with one attached hydrogen (secondary N) is 1. The molecule has 0 amide bonds. The standard InChI is InChI=1S/C21H31N5O2.HI/c1-4-23-21(24-13-17-6-7-19(27)20(12-17)28-5-2)25-10-8-16(3)18(14-25)26-11-9-22-15-26;/h6-7,9,11-12,15-16,18,27H,4-5,8,10,13-14H2,1-3H3,(H,23,24);1H. The molecular formula is C21H32IN5O2. The lowest BCUT2D eigenvalue weighted by molar-refractivity contribution is 0.189. The van der Waals surface area contributed by atoms with E-state index in [2.05, 4.69) is 33.6 Å². The number of hydrogen-bond donors (Lipinski definition) is 2. The third kappa shape index (κ3) is 6.01. The summed E-state index contributed by atoms with van der Waals surface area (Å²) in [4.78, 5) is 11.4. The van der Waals surface area contributed by atoms with Gasteiger partial charge in [-0.25, -0.2) is 9.98 Å². The number of phenols is 1. The molecule has 0 saturated carbocycles. The van der Waals surface area contributed by atoms with Crippen molar-refractivity contribution in [3.8, 4) is 11.5 Å². The molecule has 7 nitrogen and oxygen atoms in total. The van der Waals surface area contributed by atoms with Crippen LogP contribution in [0.5, 0.6) is 11.5 Å². The van der Waals surface area contributed by atoms with Crippen LogP contribution in [0.1, 0.15) is 38.8 Å². The summed E-state index contributed by atoms with van der Waals surface area (Å²) >= 11 is 0. The monoisotopic (exact) mass is 513 g/mol. The lowest BCUT2D eigenvalue weighted by Gasteiger charge is -2.39. The van der Waals surface area contributed by atoms with Crippen LogP contribution in [-0.2, 0) is 6.54 Å². The molecule has 1 saturated heterocycles. The number of imidazole rings is 1. The van der Waals surface area contributed by atoms with E-state index in [1.54, 1.807) is 6.07 Å². The Hall–Kier alpha value is -1.97. The van der Waals surface area contributed by atoms with Gasteiger partial charge in [0.15, 0.2) is 17.5 Å². The highest BCUT2D eigenvalue weighted by Gasteiger charge is 2.28. The van der Waals surface area contributed by atoms with Crippen LogP contribution in [0.15, 0.2) is 41.9 Å². The van der Waals surface area contributed by atoms with Crippen LogP contribution < -0.4 is 10.1 Å². The zero-order valence-corrected chi connectivity index (χ0v) is 19.7. The first-order valence-electron chi connectivity index (χ1n) is 10.1. The molecular weight excluding hydrogens is 481 g/mol. The summed E-state index contributed by atoms with van der Waals surface area (Å²) in [5.74, 6) is 2.19. The Morgan fingerprint density at radius 3 is 2.90 bits per heavy atom. The van der Waals surface area contributed by atoms with Crippen LogP contribution in [0.3, 0.4) is 0 Å². The van der Waals surface area contributed by atoms with E-state index in [9.17, 15) is 5.11 Å². The van der Waals surface area contributed by atoms with Crippen LogP contribution in [-0.4, -0.2) is 51.8 Å². The summed E-state index contributed by atoms with van der Waals surface area (Å²) in [6, 6.07) is 5.80. The largest absolute Gasteiger partial charge is 0.504 e. The maximum Gasteiger partial charge on any atom is 0.194 e. The number of aliphatic imine (C=N–C) groups is 1. The van der Waals surface area contributed by atoms with Crippen molar-refractivity contribution in [1.82, 2.24) is 19.8 Å². The molecule has 0 radical (unpaired) electrons. The van der Waals surface area contributed by atoms with Crippen LogP contribution in [0.2, 0.25) is 0 Å². The lowest BCUT2D eigenvalue weighted by Crippen LogP contribution is -2.49. The Bertz CT molecular complexity index is 781. The number of piperidine rings is 1. The van der Waals surface area contributed by atoms with E-state index in [4.69, 9.17) is 9.73 Å². The summed E-state index contributed by atoms with van der Waals surface area (Å²) in [5.41, 5.74) is 1.01. The van der Waals surface area contributed by atoms with Crippen molar-refractivity contribution in [2.24, 2.45) is 10.9 Å². The number of aromatic nitrogens is 2. The number of aromatic hydroxyl groups is 1. The predicted octanol–water partition coefficient (Wildman–Crippen LogP) is 3.65. The number of phenolic OH excluding ortho intramolecular Hbond substituents is 1. The van der Waals surface area contributed by atoms with E-state index in [0.717, 1.165) is 37.6 Å². The highest BCUT2D eigenvalue weighted by molar-refractivity contribution is 14.0. The molecule has 0 spiro atoms. The van der Waals surface area contributed by atoms with E-state index in [1.165, 1.54) is 0 Å². The Labute approximate surface area is 190 Å². The molecule has 1 aliphatic rings. The van der Waals surface area contributed by atoms with Gasteiger partial charge in [-0.1, -0.05) is 13.0 Å². The fourth-order valence-electron chi connectivity index (χ4n) is 3.61. The van der Waals surface area contributed by atoms with Gasteiger partial charge in [0, 0.05) is 32.0 Å². The van der Waals surface area contributed by atoms with Crippen molar-refractivity contribution in [3.63, 3.8) is 0 Å². The lowest BCUT2D eigenvalue weighted by atomic mass is 9.93. The van der Waals surface area contributed by atoms with Crippen LogP contribution in [0.4, 0.5) is 0 Å². The Morgan fingerprint density at radius 1 is 1.38 bits per heavy atom. The third-order valence-electron chi connectivity index (χ3n) is 5.20. The minimum Gasteiger partial charge on any atom is -0.504 e. The van der Waals surface area contributed by atoms with Gasteiger partial charge < -0.3 is 24.6 Å². The molecule has 1 aromatic carbocycles. The molecule has 1 fully saturated rings. The number of guanidine groups is 1. The quantitative estimate of drug-likeness (QED) is 0.351. The molecule has 2 unspecified atom stereocenters.